The fraction of sp³-hybridized carbons (Fsp3) is 0.280. The molecule has 2 aliphatic heterocycles. The van der Waals surface area contributed by atoms with Gasteiger partial charge in [0.25, 0.3) is 0 Å². The second kappa shape index (κ2) is 8.82. The van der Waals surface area contributed by atoms with Crippen LogP contribution in [0.3, 0.4) is 0 Å². The molecule has 0 amide bonds. The maximum Gasteiger partial charge on any atom is 0.342 e. The van der Waals surface area contributed by atoms with Crippen molar-refractivity contribution < 1.29 is 14.3 Å². The van der Waals surface area contributed by atoms with Gasteiger partial charge in [0.05, 0.1) is 34.5 Å². The van der Waals surface area contributed by atoms with Crippen molar-refractivity contribution in [2.24, 2.45) is 0 Å². The van der Waals surface area contributed by atoms with E-state index < -0.39 is 17.2 Å². The van der Waals surface area contributed by atoms with E-state index in [-0.39, 0.29) is 23.4 Å². The fourth-order valence-corrected chi connectivity index (χ4v) is 6.20. The van der Waals surface area contributed by atoms with Crippen LogP contribution in [0.1, 0.15) is 21.6 Å². The van der Waals surface area contributed by atoms with Crippen LogP contribution in [-0.2, 0) is 13.1 Å². The lowest BCUT2D eigenvalue weighted by atomic mass is 10.0. The highest BCUT2D eigenvalue weighted by molar-refractivity contribution is 7.16. The number of halogens is 2. The number of hydrogen-bond acceptors (Lipinski definition) is 6. The number of aromatic carboxylic acids is 1. The quantitative estimate of drug-likeness (QED) is 0.443. The van der Waals surface area contributed by atoms with Crippen molar-refractivity contribution in [1.82, 2.24) is 9.30 Å². The van der Waals surface area contributed by atoms with Crippen molar-refractivity contribution in [2.45, 2.75) is 13.1 Å². The summed E-state index contributed by atoms with van der Waals surface area (Å²) in [5.74, 6) is -1.78. The molecule has 2 aromatic carbocycles. The van der Waals surface area contributed by atoms with Gasteiger partial charge < -0.3 is 19.8 Å². The van der Waals surface area contributed by atoms with Gasteiger partial charge in [-0.05, 0) is 18.7 Å². The Kier molecular flexibility index (Phi) is 5.94. The highest BCUT2D eigenvalue weighted by Crippen LogP contribution is 2.44. The third-order valence-electron chi connectivity index (χ3n) is 6.83. The van der Waals surface area contributed by atoms with E-state index in [1.165, 1.54) is 17.4 Å². The number of thiazole rings is 1. The van der Waals surface area contributed by atoms with Crippen LogP contribution in [0.5, 0.6) is 0 Å². The lowest BCUT2D eigenvalue weighted by molar-refractivity contribution is 0.0697. The average Bonchev–Trinajstić information content (AvgIpc) is 3.23. The normalized spacial score (nSPS) is 15.7. The standard InChI is InChI=1S/C25H23FN4O3S.ClH/c1-27-7-9-28(10-8-27)21-18(26)11-17-20-22(21)29(12-15-5-3-2-4-6-15)13-16-14-34-24(30(16)20)19(23(17)31)25(32)33;/h2-6,11,14H,7-10,12-13H2,1H3,(H,32,33);1H. The van der Waals surface area contributed by atoms with E-state index in [4.69, 9.17) is 0 Å². The number of benzene rings is 2. The first-order valence-corrected chi connectivity index (χ1v) is 12.1. The number of piperazine rings is 1. The van der Waals surface area contributed by atoms with E-state index in [0.29, 0.717) is 47.9 Å². The number of pyridine rings is 1. The number of aromatic nitrogens is 1. The Labute approximate surface area is 211 Å². The number of nitrogens with zero attached hydrogens (tertiary/aromatic N) is 4. The molecule has 10 heteroatoms. The highest BCUT2D eigenvalue weighted by atomic mass is 35.5. The third-order valence-corrected chi connectivity index (χ3v) is 7.83. The van der Waals surface area contributed by atoms with Crippen LogP contribution in [0, 0.1) is 5.82 Å². The number of anilines is 2. The third kappa shape index (κ3) is 3.65. The Bertz CT molecular complexity index is 1510. The summed E-state index contributed by atoms with van der Waals surface area (Å²) >= 11 is 1.25. The smallest absolute Gasteiger partial charge is 0.342 e. The first-order chi connectivity index (χ1) is 16.4. The fourth-order valence-electron chi connectivity index (χ4n) is 5.16. The van der Waals surface area contributed by atoms with Crippen LogP contribution in [0.25, 0.3) is 15.7 Å². The summed E-state index contributed by atoms with van der Waals surface area (Å²) in [5, 5.41) is 11.8. The molecule has 0 unspecified atom stereocenters. The molecule has 0 spiro atoms. The molecule has 0 aliphatic carbocycles. The Hall–Kier alpha value is -3.14. The molecule has 0 bridgehead atoms. The molecule has 0 saturated carbocycles. The van der Waals surface area contributed by atoms with Crippen LogP contribution in [0.15, 0.2) is 46.6 Å². The van der Waals surface area contributed by atoms with Gasteiger partial charge in [-0.2, -0.15) is 0 Å². The van der Waals surface area contributed by atoms with Gasteiger partial charge in [0.15, 0.2) is 0 Å². The van der Waals surface area contributed by atoms with Gasteiger partial charge in [-0.15, -0.1) is 23.7 Å². The molecule has 0 atom stereocenters. The van der Waals surface area contributed by atoms with Crippen molar-refractivity contribution in [3.8, 4) is 0 Å². The van der Waals surface area contributed by atoms with Crippen LogP contribution in [0.4, 0.5) is 15.8 Å². The predicted molar refractivity (Wildman–Crippen MR) is 139 cm³/mol. The van der Waals surface area contributed by atoms with E-state index in [9.17, 15) is 14.7 Å². The van der Waals surface area contributed by atoms with Crippen LogP contribution >= 0.6 is 23.7 Å². The molecule has 1 fully saturated rings. The van der Waals surface area contributed by atoms with Crippen molar-refractivity contribution in [3.05, 3.63) is 74.6 Å². The first-order valence-electron chi connectivity index (χ1n) is 11.2. The molecule has 182 valence electrons. The Balaban J connectivity index is 0.00000253. The van der Waals surface area contributed by atoms with Gasteiger partial charge in [-0.25, -0.2) is 9.18 Å². The van der Waals surface area contributed by atoms with Crippen molar-refractivity contribution in [3.63, 3.8) is 0 Å². The van der Waals surface area contributed by atoms with Gasteiger partial charge in [0.2, 0.25) is 5.43 Å². The first kappa shape index (κ1) is 23.6. The number of likely N-dealkylation sites (N-methyl/N-ethyl adjacent to an activating group) is 1. The maximum atomic E-state index is 15.8. The zero-order valence-electron chi connectivity index (χ0n) is 19.0. The minimum atomic E-state index is -1.29. The van der Waals surface area contributed by atoms with Gasteiger partial charge in [-0.1, -0.05) is 30.3 Å². The summed E-state index contributed by atoms with van der Waals surface area (Å²) in [6, 6.07) is 11.2. The molecular weight excluding hydrogens is 491 g/mol. The molecule has 2 aromatic heterocycles. The van der Waals surface area contributed by atoms with Crippen LogP contribution in [-0.4, -0.2) is 53.6 Å². The molecule has 2 aliphatic rings. The summed E-state index contributed by atoms with van der Waals surface area (Å²) in [6.07, 6.45) is 0. The minimum Gasteiger partial charge on any atom is -0.477 e. The van der Waals surface area contributed by atoms with Gasteiger partial charge in [0, 0.05) is 38.1 Å². The molecule has 1 N–H and O–H groups in total. The number of hydrogen-bond donors (Lipinski definition) is 1. The van der Waals surface area contributed by atoms with E-state index in [1.54, 1.807) is 0 Å². The van der Waals surface area contributed by atoms with Crippen molar-refractivity contribution >= 4 is 56.8 Å². The lowest BCUT2D eigenvalue weighted by Crippen LogP contribution is -2.45. The SMILES string of the molecule is CN1CCN(c2c(F)cc3c(=O)c(C(=O)O)c4scc5n4c3c2N(Cc2ccccc2)C5)CC1.Cl. The molecule has 4 heterocycles. The largest absolute Gasteiger partial charge is 0.477 e. The molecule has 35 heavy (non-hydrogen) atoms. The number of carbonyl (C=O) groups is 1. The monoisotopic (exact) mass is 514 g/mol. The number of rotatable bonds is 4. The molecular formula is C25H24ClFN4O3S. The molecule has 6 rings (SSSR count). The van der Waals surface area contributed by atoms with E-state index >= 15 is 4.39 Å². The van der Waals surface area contributed by atoms with E-state index in [1.807, 2.05) is 47.2 Å². The summed E-state index contributed by atoms with van der Waals surface area (Å²) in [5.41, 5.74) is 2.79. The highest BCUT2D eigenvalue weighted by Gasteiger charge is 2.33. The topological polar surface area (TPSA) is 68.5 Å². The second-order valence-corrected chi connectivity index (χ2v) is 9.82. The van der Waals surface area contributed by atoms with E-state index in [0.717, 1.165) is 24.3 Å². The Morgan fingerprint density at radius 2 is 1.83 bits per heavy atom. The summed E-state index contributed by atoms with van der Waals surface area (Å²) in [6.45, 7) is 4.01. The van der Waals surface area contributed by atoms with E-state index in [2.05, 4.69) is 14.7 Å². The van der Waals surface area contributed by atoms with Crippen LogP contribution < -0.4 is 15.2 Å². The van der Waals surface area contributed by atoms with Crippen LogP contribution in [0.2, 0.25) is 0 Å². The predicted octanol–water partition coefficient (Wildman–Crippen LogP) is 4.05. The molecule has 7 nitrogen and oxygen atoms in total. The van der Waals surface area contributed by atoms with Gasteiger partial charge >= 0.3 is 5.97 Å². The zero-order chi connectivity index (χ0) is 23.6. The summed E-state index contributed by atoms with van der Waals surface area (Å²) < 4.78 is 17.7. The number of carboxylic acid groups (broad SMARTS) is 1. The minimum absolute atomic E-state index is 0. The zero-order valence-corrected chi connectivity index (χ0v) is 20.7. The Morgan fingerprint density at radius 3 is 2.51 bits per heavy atom. The summed E-state index contributed by atoms with van der Waals surface area (Å²) in [7, 11) is 2.05. The number of carboxylic acids is 1. The maximum absolute atomic E-state index is 15.8. The lowest BCUT2D eigenvalue weighted by Gasteiger charge is -2.39. The van der Waals surface area contributed by atoms with Crippen molar-refractivity contribution in [1.29, 1.82) is 0 Å². The van der Waals surface area contributed by atoms with Gasteiger partial charge in [0.1, 0.15) is 16.2 Å². The summed E-state index contributed by atoms with van der Waals surface area (Å²) in [4.78, 5) is 32.1. The molecule has 4 aromatic rings. The Morgan fingerprint density at radius 1 is 1.11 bits per heavy atom. The van der Waals surface area contributed by atoms with Gasteiger partial charge in [-0.3, -0.25) is 9.20 Å². The molecule has 0 radical (unpaired) electrons. The average molecular weight is 515 g/mol. The molecule has 1 saturated heterocycles. The second-order valence-electron chi connectivity index (χ2n) is 8.96. The van der Waals surface area contributed by atoms with Crippen molar-refractivity contribution in [2.75, 3.05) is 43.0 Å².